The molecule has 1 saturated heterocycles. The van der Waals surface area contributed by atoms with Crippen molar-refractivity contribution >= 4 is 16.2 Å². The number of nitrogens with zero attached hydrogens (tertiary/aromatic N) is 1. The van der Waals surface area contributed by atoms with Gasteiger partial charge in [0.15, 0.2) is 0 Å². The molecule has 1 heterocycles. The lowest BCUT2D eigenvalue weighted by atomic mass is 10.4. The molecule has 3 N–H and O–H groups in total. The van der Waals surface area contributed by atoms with Gasteiger partial charge in [0.25, 0.3) is 10.2 Å². The average Bonchev–Trinajstić information content (AvgIpc) is 2.09. The molecule has 0 aromatic rings. The van der Waals surface area contributed by atoms with Crippen LogP contribution in [0.3, 0.4) is 0 Å². The van der Waals surface area contributed by atoms with E-state index in [1.165, 1.54) is 7.05 Å². The lowest BCUT2D eigenvalue weighted by Crippen LogP contribution is -2.56. The number of carbonyl (C=O) groups is 1. The van der Waals surface area contributed by atoms with E-state index in [0.29, 0.717) is 13.1 Å². The van der Waals surface area contributed by atoms with Crippen molar-refractivity contribution in [3.8, 4) is 0 Å². The molecule has 13 heavy (non-hydrogen) atoms. The third-order valence-corrected chi connectivity index (χ3v) is 2.58. The fourth-order valence-corrected chi connectivity index (χ4v) is 1.46. The van der Waals surface area contributed by atoms with Crippen molar-refractivity contribution in [1.82, 2.24) is 19.9 Å². The Morgan fingerprint density at radius 1 is 1.54 bits per heavy atom. The molecule has 0 radical (unpaired) electrons. The fraction of sp³-hybridized carbons (Fsp3) is 0.800. The predicted molar refractivity (Wildman–Crippen MR) is 45.8 cm³/mol. The van der Waals surface area contributed by atoms with E-state index in [0.717, 1.165) is 11.4 Å². The molecule has 0 spiro atoms. The Morgan fingerprint density at radius 2 is 2.23 bits per heavy atom. The minimum absolute atomic E-state index is 0.382. The van der Waals surface area contributed by atoms with E-state index >= 15 is 0 Å². The SMILES string of the molecule is CNS(=O)(=O)NN1CCCNC1=O. The van der Waals surface area contributed by atoms with Crippen LogP contribution < -0.4 is 14.9 Å². The van der Waals surface area contributed by atoms with Crippen LogP contribution in [0, 0.1) is 0 Å². The van der Waals surface area contributed by atoms with Crippen molar-refractivity contribution in [2.75, 3.05) is 20.1 Å². The first-order valence-corrected chi connectivity index (χ1v) is 5.30. The summed E-state index contributed by atoms with van der Waals surface area (Å²) in [6.07, 6.45) is 0.720. The van der Waals surface area contributed by atoms with Crippen LogP contribution in [0.2, 0.25) is 0 Å². The number of hydrazine groups is 1. The molecule has 0 aromatic heterocycles. The van der Waals surface area contributed by atoms with Gasteiger partial charge in [0.1, 0.15) is 0 Å². The van der Waals surface area contributed by atoms with E-state index in [-0.39, 0.29) is 0 Å². The summed E-state index contributed by atoms with van der Waals surface area (Å²) in [7, 11) is -2.32. The molecule has 0 aliphatic carbocycles. The van der Waals surface area contributed by atoms with Gasteiger partial charge in [-0.15, -0.1) is 4.83 Å². The largest absolute Gasteiger partial charge is 0.337 e. The number of hydrogen-bond donors (Lipinski definition) is 3. The Balaban J connectivity index is 2.57. The summed E-state index contributed by atoms with van der Waals surface area (Å²) >= 11 is 0. The maximum Gasteiger partial charge on any atom is 0.332 e. The highest BCUT2D eigenvalue weighted by molar-refractivity contribution is 7.87. The molecular formula is C5H12N4O3S. The summed E-state index contributed by atoms with van der Waals surface area (Å²) in [6.45, 7) is 0.962. The van der Waals surface area contributed by atoms with Crippen LogP contribution in [0.1, 0.15) is 6.42 Å². The Hall–Kier alpha value is -0.860. The maximum absolute atomic E-state index is 11.0. The molecule has 7 nitrogen and oxygen atoms in total. The van der Waals surface area contributed by atoms with Gasteiger partial charge in [0, 0.05) is 20.1 Å². The highest BCUT2D eigenvalue weighted by Crippen LogP contribution is 1.95. The third kappa shape index (κ3) is 2.83. The van der Waals surface area contributed by atoms with E-state index in [1.807, 2.05) is 4.72 Å². The number of rotatable bonds is 3. The van der Waals surface area contributed by atoms with Gasteiger partial charge in [-0.25, -0.2) is 14.5 Å². The summed E-state index contributed by atoms with van der Waals surface area (Å²) in [5.74, 6) is 0. The first-order chi connectivity index (χ1) is 6.05. The van der Waals surface area contributed by atoms with Gasteiger partial charge in [-0.2, -0.15) is 8.42 Å². The van der Waals surface area contributed by atoms with Crippen LogP contribution in [0.4, 0.5) is 4.79 Å². The number of carbonyl (C=O) groups excluding carboxylic acids is 1. The van der Waals surface area contributed by atoms with Crippen molar-refractivity contribution in [1.29, 1.82) is 0 Å². The summed E-state index contributed by atoms with van der Waals surface area (Å²) in [4.78, 5) is 13.1. The molecule has 76 valence electrons. The number of amides is 2. The van der Waals surface area contributed by atoms with Gasteiger partial charge in [-0.05, 0) is 6.42 Å². The number of nitrogens with one attached hydrogen (secondary N) is 3. The van der Waals surface area contributed by atoms with Crippen molar-refractivity contribution in [2.24, 2.45) is 0 Å². The molecule has 0 saturated carbocycles. The lowest BCUT2D eigenvalue weighted by Gasteiger charge is -2.26. The van der Waals surface area contributed by atoms with Crippen molar-refractivity contribution in [2.45, 2.75) is 6.42 Å². The minimum atomic E-state index is -3.59. The topological polar surface area (TPSA) is 90.5 Å². The molecule has 1 fully saturated rings. The van der Waals surface area contributed by atoms with Gasteiger partial charge in [-0.1, -0.05) is 0 Å². The van der Waals surface area contributed by atoms with E-state index in [4.69, 9.17) is 0 Å². The fourth-order valence-electron chi connectivity index (χ4n) is 0.907. The molecular weight excluding hydrogens is 196 g/mol. The van der Waals surface area contributed by atoms with E-state index < -0.39 is 16.2 Å². The van der Waals surface area contributed by atoms with E-state index in [2.05, 4.69) is 10.1 Å². The third-order valence-electron chi connectivity index (χ3n) is 1.58. The van der Waals surface area contributed by atoms with Crippen LogP contribution in [0.25, 0.3) is 0 Å². The van der Waals surface area contributed by atoms with E-state index in [1.54, 1.807) is 0 Å². The van der Waals surface area contributed by atoms with Crippen molar-refractivity contribution in [3.05, 3.63) is 0 Å². The van der Waals surface area contributed by atoms with Crippen molar-refractivity contribution < 1.29 is 13.2 Å². The summed E-state index contributed by atoms with van der Waals surface area (Å²) < 4.78 is 24.0. The normalized spacial score (nSPS) is 18.5. The molecule has 0 aromatic carbocycles. The lowest BCUT2D eigenvalue weighted by molar-refractivity contribution is 0.175. The molecule has 0 unspecified atom stereocenters. The molecule has 2 amide bonds. The first kappa shape index (κ1) is 10.2. The van der Waals surface area contributed by atoms with Crippen molar-refractivity contribution in [3.63, 3.8) is 0 Å². The Kier molecular flexibility index (Phi) is 3.07. The Labute approximate surface area is 76.6 Å². The monoisotopic (exact) mass is 208 g/mol. The second-order valence-corrected chi connectivity index (χ2v) is 4.13. The zero-order valence-electron chi connectivity index (χ0n) is 7.20. The van der Waals surface area contributed by atoms with Crippen LogP contribution in [-0.2, 0) is 10.2 Å². The molecule has 8 heteroatoms. The smallest absolute Gasteiger partial charge is 0.332 e. The number of urea groups is 1. The van der Waals surface area contributed by atoms with Crippen LogP contribution in [0.15, 0.2) is 0 Å². The van der Waals surface area contributed by atoms with Gasteiger partial charge >= 0.3 is 6.03 Å². The highest BCUT2D eigenvalue weighted by atomic mass is 32.2. The molecule has 0 atom stereocenters. The second kappa shape index (κ2) is 3.90. The zero-order valence-corrected chi connectivity index (χ0v) is 8.02. The highest BCUT2D eigenvalue weighted by Gasteiger charge is 2.21. The van der Waals surface area contributed by atoms with Gasteiger partial charge in [0.2, 0.25) is 0 Å². The quantitative estimate of drug-likeness (QED) is 0.520. The van der Waals surface area contributed by atoms with Gasteiger partial charge in [0.05, 0.1) is 0 Å². The summed E-state index contributed by atoms with van der Waals surface area (Å²) in [5.41, 5.74) is 0. The Morgan fingerprint density at radius 3 is 2.77 bits per heavy atom. The van der Waals surface area contributed by atoms with Crippen LogP contribution in [0.5, 0.6) is 0 Å². The van der Waals surface area contributed by atoms with Crippen LogP contribution >= 0.6 is 0 Å². The first-order valence-electron chi connectivity index (χ1n) is 3.81. The zero-order chi connectivity index (χ0) is 9.90. The molecule has 0 bridgehead atoms. The van der Waals surface area contributed by atoms with Gasteiger partial charge < -0.3 is 5.32 Å². The Bertz CT molecular complexity index is 288. The maximum atomic E-state index is 11.0. The molecule has 1 aliphatic heterocycles. The number of hydrogen-bond acceptors (Lipinski definition) is 3. The average molecular weight is 208 g/mol. The van der Waals surface area contributed by atoms with Gasteiger partial charge in [-0.3, -0.25) is 0 Å². The minimum Gasteiger partial charge on any atom is -0.337 e. The van der Waals surface area contributed by atoms with Crippen LogP contribution in [-0.4, -0.2) is 39.6 Å². The summed E-state index contributed by atoms with van der Waals surface area (Å²) in [5, 5.41) is 3.53. The molecule has 1 rings (SSSR count). The predicted octanol–water partition coefficient (Wildman–Crippen LogP) is -1.63. The van der Waals surface area contributed by atoms with E-state index in [9.17, 15) is 13.2 Å². The standard InChI is InChI=1S/C5H12N4O3S/c1-6-13(11,12)8-9-4-2-3-7-5(9)10/h6,8H,2-4H2,1H3,(H,7,10). The molecule has 1 aliphatic rings. The second-order valence-electron chi connectivity index (χ2n) is 2.54. The summed E-state index contributed by atoms with van der Waals surface area (Å²) in [6, 6.07) is -0.426.